The first-order chi connectivity index (χ1) is 11.0. The summed E-state index contributed by atoms with van der Waals surface area (Å²) in [5, 5.41) is 9.00. The maximum atomic E-state index is 12.2. The van der Waals surface area contributed by atoms with Gasteiger partial charge >= 0.3 is 0 Å². The molecule has 0 spiro atoms. The van der Waals surface area contributed by atoms with E-state index in [2.05, 4.69) is 16.0 Å². The molecule has 6 nitrogen and oxygen atoms in total. The zero-order valence-corrected chi connectivity index (χ0v) is 15.7. The summed E-state index contributed by atoms with van der Waals surface area (Å²) >= 11 is 6.07. The van der Waals surface area contributed by atoms with Crippen LogP contribution in [0.1, 0.15) is 24.2 Å². The van der Waals surface area contributed by atoms with E-state index in [1.54, 1.807) is 39.2 Å². The lowest BCUT2D eigenvalue weighted by Gasteiger charge is -2.11. The molecule has 0 heterocycles. The SMILES string of the molecule is COCCNCCNC(=O)c1cc(NC(=O)C(C)C)ccc1Cl.Cl. The van der Waals surface area contributed by atoms with Crippen molar-refractivity contribution < 1.29 is 14.3 Å². The molecule has 0 aromatic heterocycles. The molecule has 0 saturated heterocycles. The monoisotopic (exact) mass is 377 g/mol. The lowest BCUT2D eigenvalue weighted by Crippen LogP contribution is -2.33. The molecule has 1 aromatic carbocycles. The Balaban J connectivity index is 0.00000529. The number of carbonyl (C=O) groups is 2. The number of rotatable bonds is 9. The number of halogens is 2. The standard InChI is InChI=1S/C16H24ClN3O3.ClH/c1-11(2)15(21)20-12-4-5-14(17)13(10-12)16(22)19-7-6-18-8-9-23-3;/h4-5,10-11,18H,6-9H2,1-3H3,(H,19,22)(H,20,21);1H. The number of hydrogen-bond donors (Lipinski definition) is 3. The van der Waals surface area contributed by atoms with Crippen molar-refractivity contribution in [1.29, 1.82) is 0 Å². The van der Waals surface area contributed by atoms with Crippen LogP contribution in [0.4, 0.5) is 5.69 Å². The Hall–Kier alpha value is -1.34. The highest BCUT2D eigenvalue weighted by molar-refractivity contribution is 6.34. The summed E-state index contributed by atoms with van der Waals surface area (Å²) in [5.74, 6) is -0.522. The topological polar surface area (TPSA) is 79.5 Å². The fourth-order valence-electron chi connectivity index (χ4n) is 1.72. The zero-order valence-electron chi connectivity index (χ0n) is 14.1. The predicted octanol–water partition coefficient (Wildman–Crippen LogP) is 2.32. The number of nitrogens with one attached hydrogen (secondary N) is 3. The molecule has 0 aliphatic heterocycles. The fraction of sp³-hybridized carbons (Fsp3) is 0.500. The minimum absolute atomic E-state index is 0. The van der Waals surface area contributed by atoms with Gasteiger partial charge in [-0.1, -0.05) is 25.4 Å². The molecule has 3 N–H and O–H groups in total. The van der Waals surface area contributed by atoms with Crippen LogP contribution in [0.2, 0.25) is 5.02 Å². The highest BCUT2D eigenvalue weighted by Gasteiger charge is 2.13. The van der Waals surface area contributed by atoms with Crippen LogP contribution in [0.3, 0.4) is 0 Å². The molecule has 136 valence electrons. The molecule has 8 heteroatoms. The molecule has 0 atom stereocenters. The van der Waals surface area contributed by atoms with Gasteiger partial charge in [0.05, 0.1) is 17.2 Å². The third-order valence-corrected chi connectivity index (χ3v) is 3.40. The normalized spacial score (nSPS) is 10.2. The molecule has 0 fully saturated rings. The van der Waals surface area contributed by atoms with Crippen molar-refractivity contribution in [3.8, 4) is 0 Å². The summed E-state index contributed by atoms with van der Waals surface area (Å²) < 4.78 is 4.91. The highest BCUT2D eigenvalue weighted by atomic mass is 35.5. The molecular weight excluding hydrogens is 353 g/mol. The van der Waals surface area contributed by atoms with E-state index in [0.717, 1.165) is 6.54 Å². The second kappa shape index (κ2) is 12.1. The lowest BCUT2D eigenvalue weighted by molar-refractivity contribution is -0.118. The highest BCUT2D eigenvalue weighted by Crippen LogP contribution is 2.21. The van der Waals surface area contributed by atoms with Crippen molar-refractivity contribution in [3.63, 3.8) is 0 Å². The van der Waals surface area contributed by atoms with Crippen molar-refractivity contribution in [3.05, 3.63) is 28.8 Å². The Kier molecular flexibility index (Phi) is 11.4. The zero-order chi connectivity index (χ0) is 17.2. The molecule has 0 aliphatic carbocycles. The van der Waals surface area contributed by atoms with Gasteiger partial charge in [0.1, 0.15) is 0 Å². The first-order valence-corrected chi connectivity index (χ1v) is 7.91. The number of benzene rings is 1. The van der Waals surface area contributed by atoms with Gasteiger partial charge in [0.15, 0.2) is 0 Å². The summed E-state index contributed by atoms with van der Waals surface area (Å²) in [4.78, 5) is 23.9. The summed E-state index contributed by atoms with van der Waals surface area (Å²) in [6.07, 6.45) is 0. The van der Waals surface area contributed by atoms with Gasteiger partial charge in [0.2, 0.25) is 5.91 Å². The Morgan fingerprint density at radius 3 is 2.54 bits per heavy atom. The average Bonchev–Trinajstić information content (AvgIpc) is 2.52. The van der Waals surface area contributed by atoms with Crippen molar-refractivity contribution >= 4 is 41.5 Å². The minimum Gasteiger partial charge on any atom is -0.383 e. The van der Waals surface area contributed by atoms with Gasteiger partial charge in [-0.05, 0) is 18.2 Å². The van der Waals surface area contributed by atoms with Crippen LogP contribution in [0.25, 0.3) is 0 Å². The van der Waals surface area contributed by atoms with Crippen molar-refractivity contribution in [1.82, 2.24) is 10.6 Å². The van der Waals surface area contributed by atoms with Gasteiger partial charge in [-0.25, -0.2) is 0 Å². The van der Waals surface area contributed by atoms with Crippen molar-refractivity contribution in [2.45, 2.75) is 13.8 Å². The lowest BCUT2D eigenvalue weighted by atomic mass is 10.1. The van der Waals surface area contributed by atoms with Crippen LogP contribution in [0, 0.1) is 5.92 Å². The van der Waals surface area contributed by atoms with E-state index in [9.17, 15) is 9.59 Å². The Labute approximate surface area is 154 Å². The smallest absolute Gasteiger partial charge is 0.252 e. The largest absolute Gasteiger partial charge is 0.383 e. The molecule has 0 saturated carbocycles. The molecule has 0 radical (unpaired) electrons. The van der Waals surface area contributed by atoms with Crippen LogP contribution in [0.15, 0.2) is 18.2 Å². The number of methoxy groups -OCH3 is 1. The maximum absolute atomic E-state index is 12.2. The predicted molar refractivity (Wildman–Crippen MR) is 99.2 cm³/mol. The Bertz CT molecular complexity index is 539. The number of hydrogen-bond acceptors (Lipinski definition) is 4. The van der Waals surface area contributed by atoms with Gasteiger partial charge in [-0.3, -0.25) is 9.59 Å². The Morgan fingerprint density at radius 2 is 1.92 bits per heavy atom. The van der Waals surface area contributed by atoms with Crippen LogP contribution in [-0.2, 0) is 9.53 Å². The average molecular weight is 378 g/mol. The van der Waals surface area contributed by atoms with E-state index in [-0.39, 0.29) is 30.1 Å². The quantitative estimate of drug-likeness (QED) is 0.577. The van der Waals surface area contributed by atoms with Gasteiger partial charge < -0.3 is 20.7 Å². The second-order valence-electron chi connectivity index (χ2n) is 5.34. The summed E-state index contributed by atoms with van der Waals surface area (Å²) in [5.41, 5.74) is 0.890. The van der Waals surface area contributed by atoms with E-state index >= 15 is 0 Å². The number of anilines is 1. The molecule has 2 amide bonds. The fourth-order valence-corrected chi connectivity index (χ4v) is 1.93. The minimum atomic E-state index is -0.274. The first-order valence-electron chi connectivity index (χ1n) is 7.54. The molecule has 24 heavy (non-hydrogen) atoms. The van der Waals surface area contributed by atoms with E-state index in [4.69, 9.17) is 16.3 Å². The van der Waals surface area contributed by atoms with E-state index in [1.807, 2.05) is 0 Å². The molecule has 0 aliphatic rings. The number of ether oxygens (including phenoxy) is 1. The molecule has 0 bridgehead atoms. The molecule has 0 unspecified atom stereocenters. The second-order valence-corrected chi connectivity index (χ2v) is 5.74. The van der Waals surface area contributed by atoms with Crippen molar-refractivity contribution in [2.24, 2.45) is 5.92 Å². The van der Waals surface area contributed by atoms with E-state index < -0.39 is 0 Å². The number of carbonyl (C=O) groups excluding carboxylic acids is 2. The molecule has 1 rings (SSSR count). The summed E-state index contributed by atoms with van der Waals surface area (Å²) in [7, 11) is 1.64. The Morgan fingerprint density at radius 1 is 1.21 bits per heavy atom. The van der Waals surface area contributed by atoms with Gasteiger partial charge in [0.25, 0.3) is 5.91 Å². The third-order valence-electron chi connectivity index (χ3n) is 3.07. The van der Waals surface area contributed by atoms with Crippen LogP contribution < -0.4 is 16.0 Å². The van der Waals surface area contributed by atoms with E-state index in [1.165, 1.54) is 0 Å². The maximum Gasteiger partial charge on any atom is 0.252 e. The van der Waals surface area contributed by atoms with Crippen LogP contribution in [0.5, 0.6) is 0 Å². The van der Waals surface area contributed by atoms with Crippen molar-refractivity contribution in [2.75, 3.05) is 38.7 Å². The summed E-state index contributed by atoms with van der Waals surface area (Å²) in [6.45, 7) is 6.06. The van der Waals surface area contributed by atoms with Gasteiger partial charge in [0, 0.05) is 38.3 Å². The summed E-state index contributed by atoms with van der Waals surface area (Å²) in [6, 6.07) is 4.85. The van der Waals surface area contributed by atoms with Gasteiger partial charge in [-0.15, -0.1) is 12.4 Å². The van der Waals surface area contributed by atoms with Crippen LogP contribution >= 0.6 is 24.0 Å². The number of amides is 2. The third kappa shape index (κ3) is 7.97. The molecular formula is C16H25Cl2N3O3. The molecule has 1 aromatic rings. The van der Waals surface area contributed by atoms with E-state index in [0.29, 0.717) is 36.0 Å². The van der Waals surface area contributed by atoms with Gasteiger partial charge in [-0.2, -0.15) is 0 Å². The van der Waals surface area contributed by atoms with Crippen LogP contribution in [-0.4, -0.2) is 45.2 Å². The first kappa shape index (κ1) is 22.7.